The maximum absolute atomic E-state index is 13.0. The molecule has 2 fully saturated rings. The van der Waals surface area contributed by atoms with Crippen molar-refractivity contribution in [3.05, 3.63) is 29.8 Å². The molecule has 114 valence electrons. The molecule has 1 amide bonds. The summed E-state index contributed by atoms with van der Waals surface area (Å²) >= 11 is 0. The van der Waals surface area contributed by atoms with Gasteiger partial charge in [0.2, 0.25) is 5.91 Å². The van der Waals surface area contributed by atoms with Gasteiger partial charge in [-0.3, -0.25) is 4.79 Å². The number of nitrogens with zero attached hydrogens (tertiary/aromatic N) is 1. The highest BCUT2D eigenvalue weighted by molar-refractivity contribution is 5.84. The van der Waals surface area contributed by atoms with E-state index in [0.717, 1.165) is 18.5 Å². The molecule has 3 heteroatoms. The Balaban J connectivity index is 1.77. The zero-order valence-electron chi connectivity index (χ0n) is 13.5. The Labute approximate surface area is 127 Å². The first kappa shape index (κ1) is 14.4. The van der Waals surface area contributed by atoms with Crippen LogP contribution in [0.4, 0.5) is 5.69 Å². The highest BCUT2D eigenvalue weighted by atomic mass is 16.2. The molecule has 0 heterocycles. The predicted molar refractivity (Wildman–Crippen MR) is 85.5 cm³/mol. The highest BCUT2D eigenvalue weighted by Gasteiger charge is 2.69. The summed E-state index contributed by atoms with van der Waals surface area (Å²) in [6.45, 7) is 9.56. The Morgan fingerprint density at radius 3 is 2.10 bits per heavy atom. The molecule has 0 saturated heterocycles. The van der Waals surface area contributed by atoms with Gasteiger partial charge in [0.25, 0.3) is 0 Å². The van der Waals surface area contributed by atoms with E-state index in [1.165, 1.54) is 5.56 Å². The van der Waals surface area contributed by atoms with Crippen LogP contribution in [0.2, 0.25) is 0 Å². The SMILES string of the molecule is CC1(C)C(C(=O)N(Cc2ccc(N)cc2)C2CC2)C1(C)C. The molecule has 0 radical (unpaired) electrons. The van der Waals surface area contributed by atoms with E-state index in [2.05, 4.69) is 32.6 Å². The lowest BCUT2D eigenvalue weighted by Crippen LogP contribution is -2.35. The number of amides is 1. The Bertz CT molecular complexity index is 541. The van der Waals surface area contributed by atoms with E-state index in [1.807, 2.05) is 24.3 Å². The standard InChI is InChI=1S/C18H26N2O/c1-17(2)15(18(17,3)4)16(21)20(14-9-10-14)11-12-5-7-13(19)8-6-12/h5-8,14-15H,9-11,19H2,1-4H3. The topological polar surface area (TPSA) is 46.3 Å². The fourth-order valence-electron chi connectivity index (χ4n) is 3.57. The molecule has 21 heavy (non-hydrogen) atoms. The van der Waals surface area contributed by atoms with Gasteiger partial charge >= 0.3 is 0 Å². The summed E-state index contributed by atoms with van der Waals surface area (Å²) < 4.78 is 0. The number of benzene rings is 1. The summed E-state index contributed by atoms with van der Waals surface area (Å²) in [5.41, 5.74) is 7.90. The molecule has 2 aliphatic rings. The van der Waals surface area contributed by atoms with E-state index in [4.69, 9.17) is 5.73 Å². The second-order valence-corrected chi connectivity index (χ2v) is 7.82. The summed E-state index contributed by atoms with van der Waals surface area (Å²) in [7, 11) is 0. The number of carbonyl (C=O) groups is 1. The van der Waals surface area contributed by atoms with Crippen molar-refractivity contribution < 1.29 is 4.79 Å². The van der Waals surface area contributed by atoms with E-state index in [0.29, 0.717) is 18.5 Å². The number of hydrogen-bond donors (Lipinski definition) is 1. The molecule has 2 saturated carbocycles. The average molecular weight is 286 g/mol. The van der Waals surface area contributed by atoms with Gasteiger partial charge in [-0.25, -0.2) is 0 Å². The monoisotopic (exact) mass is 286 g/mol. The predicted octanol–water partition coefficient (Wildman–Crippen LogP) is 3.44. The maximum Gasteiger partial charge on any atom is 0.227 e. The van der Waals surface area contributed by atoms with E-state index < -0.39 is 0 Å². The molecule has 0 atom stereocenters. The quantitative estimate of drug-likeness (QED) is 0.862. The molecule has 0 bridgehead atoms. The normalized spacial score (nSPS) is 22.9. The third-order valence-electron chi connectivity index (χ3n) is 5.87. The zero-order chi connectivity index (χ0) is 15.4. The van der Waals surface area contributed by atoms with Gasteiger partial charge in [0.15, 0.2) is 0 Å². The smallest absolute Gasteiger partial charge is 0.227 e. The van der Waals surface area contributed by atoms with Crippen LogP contribution in [-0.4, -0.2) is 16.8 Å². The molecule has 3 nitrogen and oxygen atoms in total. The Morgan fingerprint density at radius 2 is 1.67 bits per heavy atom. The van der Waals surface area contributed by atoms with Crippen LogP contribution < -0.4 is 5.73 Å². The van der Waals surface area contributed by atoms with Crippen LogP contribution in [0, 0.1) is 16.7 Å². The first-order valence-corrected chi connectivity index (χ1v) is 7.90. The van der Waals surface area contributed by atoms with Crippen LogP contribution in [0.15, 0.2) is 24.3 Å². The first-order chi connectivity index (χ1) is 9.75. The second kappa shape index (κ2) is 4.49. The minimum Gasteiger partial charge on any atom is -0.399 e. The summed E-state index contributed by atoms with van der Waals surface area (Å²) in [6, 6.07) is 8.33. The first-order valence-electron chi connectivity index (χ1n) is 7.90. The Hall–Kier alpha value is -1.51. The summed E-state index contributed by atoms with van der Waals surface area (Å²) in [6.07, 6.45) is 2.29. The minimum absolute atomic E-state index is 0.109. The van der Waals surface area contributed by atoms with Crippen molar-refractivity contribution in [1.82, 2.24) is 4.90 Å². The van der Waals surface area contributed by atoms with Crippen LogP contribution in [0.1, 0.15) is 46.1 Å². The number of hydrogen-bond acceptors (Lipinski definition) is 2. The van der Waals surface area contributed by atoms with Crippen molar-refractivity contribution in [3.63, 3.8) is 0 Å². The van der Waals surface area contributed by atoms with Crippen LogP contribution in [0.25, 0.3) is 0 Å². The molecule has 0 spiro atoms. The molecule has 1 aromatic rings. The zero-order valence-corrected chi connectivity index (χ0v) is 13.5. The van der Waals surface area contributed by atoms with Gasteiger partial charge in [0, 0.05) is 24.2 Å². The lowest BCUT2D eigenvalue weighted by atomic mass is 10.0. The largest absolute Gasteiger partial charge is 0.399 e. The summed E-state index contributed by atoms with van der Waals surface area (Å²) in [4.78, 5) is 15.1. The molecule has 2 aliphatic carbocycles. The van der Waals surface area contributed by atoms with Crippen molar-refractivity contribution in [2.24, 2.45) is 16.7 Å². The van der Waals surface area contributed by atoms with Crippen molar-refractivity contribution in [2.45, 2.75) is 53.1 Å². The van der Waals surface area contributed by atoms with Gasteiger partial charge in [0.05, 0.1) is 0 Å². The summed E-state index contributed by atoms with van der Waals surface area (Å²) in [5, 5.41) is 0. The van der Waals surface area contributed by atoms with Crippen LogP contribution >= 0.6 is 0 Å². The van der Waals surface area contributed by atoms with E-state index in [-0.39, 0.29) is 16.7 Å². The molecule has 0 unspecified atom stereocenters. The lowest BCUT2D eigenvalue weighted by molar-refractivity contribution is -0.135. The van der Waals surface area contributed by atoms with Gasteiger partial charge < -0.3 is 10.6 Å². The Morgan fingerprint density at radius 1 is 1.14 bits per heavy atom. The molecule has 1 aromatic carbocycles. The van der Waals surface area contributed by atoms with Gasteiger partial charge in [-0.15, -0.1) is 0 Å². The number of nitrogen functional groups attached to an aromatic ring is 1. The van der Waals surface area contributed by atoms with Crippen molar-refractivity contribution in [2.75, 3.05) is 5.73 Å². The number of nitrogens with two attached hydrogens (primary N) is 1. The molecule has 0 aromatic heterocycles. The third-order valence-corrected chi connectivity index (χ3v) is 5.87. The number of carbonyl (C=O) groups excluding carboxylic acids is 1. The molecule has 0 aliphatic heterocycles. The maximum atomic E-state index is 13.0. The fourth-order valence-corrected chi connectivity index (χ4v) is 3.57. The fraction of sp³-hybridized carbons (Fsp3) is 0.611. The number of rotatable bonds is 4. The second-order valence-electron chi connectivity index (χ2n) is 7.82. The number of anilines is 1. The molecule has 3 rings (SSSR count). The van der Waals surface area contributed by atoms with Crippen LogP contribution in [0.5, 0.6) is 0 Å². The van der Waals surface area contributed by atoms with E-state index in [1.54, 1.807) is 0 Å². The summed E-state index contributed by atoms with van der Waals surface area (Å²) in [5.74, 6) is 0.490. The van der Waals surface area contributed by atoms with E-state index >= 15 is 0 Å². The minimum atomic E-state index is 0.109. The Kier molecular flexibility index (Phi) is 3.09. The van der Waals surface area contributed by atoms with Crippen molar-refractivity contribution in [1.29, 1.82) is 0 Å². The van der Waals surface area contributed by atoms with Gasteiger partial charge in [-0.2, -0.15) is 0 Å². The van der Waals surface area contributed by atoms with Crippen LogP contribution in [0.3, 0.4) is 0 Å². The molecule has 2 N–H and O–H groups in total. The molecular formula is C18H26N2O. The third kappa shape index (κ3) is 2.33. The van der Waals surface area contributed by atoms with Gasteiger partial charge in [-0.05, 0) is 41.4 Å². The average Bonchev–Trinajstić information content (AvgIpc) is 3.27. The lowest BCUT2D eigenvalue weighted by Gasteiger charge is -2.24. The van der Waals surface area contributed by atoms with Gasteiger partial charge in [0.1, 0.15) is 0 Å². The van der Waals surface area contributed by atoms with Crippen molar-refractivity contribution in [3.8, 4) is 0 Å². The van der Waals surface area contributed by atoms with Crippen molar-refractivity contribution >= 4 is 11.6 Å². The van der Waals surface area contributed by atoms with Gasteiger partial charge in [-0.1, -0.05) is 39.8 Å². The van der Waals surface area contributed by atoms with Crippen LogP contribution in [-0.2, 0) is 11.3 Å². The molecular weight excluding hydrogens is 260 g/mol. The van der Waals surface area contributed by atoms with E-state index in [9.17, 15) is 4.79 Å². The highest BCUT2D eigenvalue weighted by Crippen LogP contribution is 2.69.